The minimum Gasteiger partial charge on any atom is -0.478 e. The van der Waals surface area contributed by atoms with Crippen LogP contribution < -0.4 is 0 Å². The van der Waals surface area contributed by atoms with Crippen LogP contribution in [0.1, 0.15) is 44.8 Å². The van der Waals surface area contributed by atoms with E-state index in [-0.39, 0.29) is 29.9 Å². The van der Waals surface area contributed by atoms with Crippen LogP contribution in [0.25, 0.3) is 10.8 Å². The number of halogens is 1. The standard InChI is InChI=1S/C27H22FNO3/c1-18(20-12-14-23(28)15-13-20)29(17-19-6-4-9-22(16-19)27(31)32)26(30)25-11-5-8-21-7-2-3-10-24(21)25/h2-16,18H,17H2,1H3,(H,31,32). The molecule has 1 N–H and O–H groups in total. The van der Waals surface area contributed by atoms with Crippen molar-refractivity contribution in [2.45, 2.75) is 19.5 Å². The molecule has 32 heavy (non-hydrogen) atoms. The average Bonchev–Trinajstić information content (AvgIpc) is 2.82. The van der Waals surface area contributed by atoms with Crippen molar-refractivity contribution in [3.8, 4) is 0 Å². The van der Waals surface area contributed by atoms with Crippen LogP contribution in [-0.2, 0) is 6.54 Å². The summed E-state index contributed by atoms with van der Waals surface area (Å²) in [5, 5.41) is 11.1. The van der Waals surface area contributed by atoms with E-state index in [1.807, 2.05) is 43.3 Å². The topological polar surface area (TPSA) is 57.6 Å². The maximum atomic E-state index is 13.8. The van der Waals surface area contributed by atoms with Crippen molar-refractivity contribution in [3.63, 3.8) is 0 Å². The van der Waals surface area contributed by atoms with Crippen molar-refractivity contribution < 1.29 is 19.1 Å². The Bertz CT molecular complexity index is 1280. The van der Waals surface area contributed by atoms with Gasteiger partial charge in [0.05, 0.1) is 11.6 Å². The fourth-order valence-corrected chi connectivity index (χ4v) is 3.87. The minimum absolute atomic E-state index is 0.162. The first kappa shape index (κ1) is 21.2. The fourth-order valence-electron chi connectivity index (χ4n) is 3.87. The van der Waals surface area contributed by atoms with Crippen LogP contribution in [0, 0.1) is 5.82 Å². The Kier molecular flexibility index (Phi) is 5.99. The largest absolute Gasteiger partial charge is 0.478 e. The van der Waals surface area contributed by atoms with Gasteiger partial charge in [-0.05, 0) is 59.2 Å². The highest BCUT2D eigenvalue weighted by Gasteiger charge is 2.25. The van der Waals surface area contributed by atoms with Crippen molar-refractivity contribution in [2.75, 3.05) is 0 Å². The van der Waals surface area contributed by atoms with E-state index in [1.165, 1.54) is 18.2 Å². The second kappa shape index (κ2) is 9.02. The van der Waals surface area contributed by atoms with E-state index in [9.17, 15) is 19.1 Å². The van der Waals surface area contributed by atoms with E-state index in [2.05, 4.69) is 0 Å². The number of rotatable bonds is 6. The summed E-state index contributed by atoms with van der Waals surface area (Å²) in [6.45, 7) is 2.10. The first-order valence-corrected chi connectivity index (χ1v) is 10.3. The molecule has 0 aliphatic heterocycles. The third-order valence-electron chi connectivity index (χ3n) is 5.63. The summed E-state index contributed by atoms with van der Waals surface area (Å²) < 4.78 is 13.5. The van der Waals surface area contributed by atoms with Crippen LogP contribution >= 0.6 is 0 Å². The molecular formula is C27H22FNO3. The quantitative estimate of drug-likeness (QED) is 0.406. The highest BCUT2D eigenvalue weighted by Crippen LogP contribution is 2.28. The lowest BCUT2D eigenvalue weighted by Gasteiger charge is -2.30. The lowest BCUT2D eigenvalue weighted by Crippen LogP contribution is -2.33. The fraction of sp³-hybridized carbons (Fsp3) is 0.111. The van der Waals surface area contributed by atoms with Gasteiger partial charge in [0.25, 0.3) is 5.91 Å². The van der Waals surface area contributed by atoms with E-state index < -0.39 is 5.97 Å². The number of fused-ring (bicyclic) bond motifs is 1. The molecule has 0 aromatic heterocycles. The van der Waals surface area contributed by atoms with Gasteiger partial charge in [0.1, 0.15) is 5.82 Å². The predicted octanol–water partition coefficient (Wildman–Crippen LogP) is 6.08. The number of amides is 1. The van der Waals surface area contributed by atoms with Gasteiger partial charge in [-0.3, -0.25) is 4.79 Å². The Morgan fingerprint density at radius 1 is 0.906 bits per heavy atom. The van der Waals surface area contributed by atoms with Crippen molar-refractivity contribution >= 4 is 22.6 Å². The summed E-state index contributed by atoms with van der Waals surface area (Å²) in [6, 6.07) is 25.5. The Balaban J connectivity index is 1.77. The zero-order chi connectivity index (χ0) is 22.7. The molecule has 0 fully saturated rings. The summed E-state index contributed by atoms with van der Waals surface area (Å²) in [5.74, 6) is -1.55. The molecule has 0 aliphatic carbocycles. The zero-order valence-electron chi connectivity index (χ0n) is 17.5. The number of hydrogen-bond acceptors (Lipinski definition) is 2. The van der Waals surface area contributed by atoms with Gasteiger partial charge in [0, 0.05) is 12.1 Å². The van der Waals surface area contributed by atoms with Gasteiger partial charge >= 0.3 is 5.97 Å². The lowest BCUT2D eigenvalue weighted by molar-refractivity contribution is 0.0676. The first-order valence-electron chi connectivity index (χ1n) is 10.3. The average molecular weight is 427 g/mol. The zero-order valence-corrected chi connectivity index (χ0v) is 17.5. The molecular weight excluding hydrogens is 405 g/mol. The summed E-state index contributed by atoms with van der Waals surface area (Å²) in [6.07, 6.45) is 0. The van der Waals surface area contributed by atoms with Gasteiger partial charge in [0.15, 0.2) is 0 Å². The van der Waals surface area contributed by atoms with Crippen LogP contribution in [0.4, 0.5) is 4.39 Å². The number of hydrogen-bond donors (Lipinski definition) is 1. The van der Waals surface area contributed by atoms with Gasteiger partial charge in [0.2, 0.25) is 0 Å². The monoisotopic (exact) mass is 427 g/mol. The van der Waals surface area contributed by atoms with Crippen molar-refractivity contribution in [1.82, 2.24) is 4.90 Å². The molecule has 0 heterocycles. The van der Waals surface area contributed by atoms with Crippen LogP contribution in [-0.4, -0.2) is 21.9 Å². The summed E-state index contributed by atoms with van der Waals surface area (Å²) in [7, 11) is 0. The van der Waals surface area contributed by atoms with Gasteiger partial charge in [-0.1, -0.05) is 60.7 Å². The third kappa shape index (κ3) is 4.37. The number of benzene rings is 4. The Labute approximate surface area is 185 Å². The summed E-state index contributed by atoms with van der Waals surface area (Å²) in [4.78, 5) is 26.9. The molecule has 0 bridgehead atoms. The van der Waals surface area contributed by atoms with Crippen LogP contribution in [0.15, 0.2) is 91.0 Å². The Morgan fingerprint density at radius 2 is 1.59 bits per heavy atom. The molecule has 0 saturated carbocycles. The molecule has 4 nitrogen and oxygen atoms in total. The molecule has 0 radical (unpaired) electrons. The molecule has 5 heteroatoms. The number of nitrogens with zero attached hydrogens (tertiary/aromatic N) is 1. The van der Waals surface area contributed by atoms with E-state index >= 15 is 0 Å². The normalized spacial score (nSPS) is 11.8. The van der Waals surface area contributed by atoms with E-state index in [0.717, 1.165) is 16.3 Å². The smallest absolute Gasteiger partial charge is 0.335 e. The highest BCUT2D eigenvalue weighted by molar-refractivity contribution is 6.07. The van der Waals surface area contributed by atoms with Crippen LogP contribution in [0.3, 0.4) is 0 Å². The number of carbonyl (C=O) groups excluding carboxylic acids is 1. The minimum atomic E-state index is -1.02. The van der Waals surface area contributed by atoms with E-state index in [1.54, 1.807) is 41.3 Å². The SMILES string of the molecule is CC(c1ccc(F)cc1)N(Cc1cccc(C(=O)O)c1)C(=O)c1cccc2ccccc12. The molecule has 0 spiro atoms. The van der Waals surface area contributed by atoms with E-state index in [4.69, 9.17) is 0 Å². The lowest BCUT2D eigenvalue weighted by atomic mass is 10.0. The molecule has 4 rings (SSSR count). The maximum absolute atomic E-state index is 13.8. The molecule has 160 valence electrons. The maximum Gasteiger partial charge on any atom is 0.335 e. The van der Waals surface area contributed by atoms with Gasteiger partial charge < -0.3 is 10.0 Å². The Hall–Kier alpha value is -3.99. The van der Waals surface area contributed by atoms with Crippen molar-refractivity contribution in [1.29, 1.82) is 0 Å². The number of aromatic carboxylic acids is 1. The van der Waals surface area contributed by atoms with Crippen LogP contribution in [0.2, 0.25) is 0 Å². The molecule has 0 aliphatic rings. The molecule has 0 saturated heterocycles. The van der Waals surface area contributed by atoms with Gasteiger partial charge in [-0.15, -0.1) is 0 Å². The van der Waals surface area contributed by atoms with E-state index in [0.29, 0.717) is 11.1 Å². The summed E-state index contributed by atoms with van der Waals surface area (Å²) >= 11 is 0. The molecule has 1 unspecified atom stereocenters. The molecule has 4 aromatic carbocycles. The van der Waals surface area contributed by atoms with Crippen molar-refractivity contribution in [3.05, 3.63) is 119 Å². The second-order valence-corrected chi connectivity index (χ2v) is 7.69. The van der Waals surface area contributed by atoms with Gasteiger partial charge in [-0.25, -0.2) is 9.18 Å². The van der Waals surface area contributed by atoms with Crippen LogP contribution in [0.5, 0.6) is 0 Å². The Morgan fingerprint density at radius 3 is 2.34 bits per heavy atom. The first-order chi connectivity index (χ1) is 15.4. The second-order valence-electron chi connectivity index (χ2n) is 7.69. The molecule has 1 atom stereocenters. The number of carboxylic acids is 1. The van der Waals surface area contributed by atoms with Crippen molar-refractivity contribution in [2.24, 2.45) is 0 Å². The third-order valence-corrected chi connectivity index (χ3v) is 5.63. The molecule has 1 amide bonds. The number of carboxylic acid groups (broad SMARTS) is 1. The highest BCUT2D eigenvalue weighted by atomic mass is 19.1. The molecule has 4 aromatic rings. The summed E-state index contributed by atoms with van der Waals surface area (Å²) in [5.41, 5.74) is 2.21. The number of carbonyl (C=O) groups is 2. The predicted molar refractivity (Wildman–Crippen MR) is 122 cm³/mol. The van der Waals surface area contributed by atoms with Gasteiger partial charge in [-0.2, -0.15) is 0 Å².